The molecule has 1 fully saturated rings. The smallest absolute Gasteiger partial charge is 0.346 e. The first kappa shape index (κ1) is 26.0. The molecule has 3 rings (SSSR count). The van der Waals surface area contributed by atoms with Crippen LogP contribution in [-0.4, -0.2) is 25.3 Å². The Bertz CT molecular complexity index is 935. The summed E-state index contributed by atoms with van der Waals surface area (Å²) in [4.78, 5) is 12.2. The van der Waals surface area contributed by atoms with Crippen LogP contribution < -0.4 is 9.47 Å². The van der Waals surface area contributed by atoms with Gasteiger partial charge < -0.3 is 14.2 Å². The number of benzene rings is 2. The Labute approximate surface area is 197 Å². The summed E-state index contributed by atoms with van der Waals surface area (Å²) in [5, 5.41) is 0. The Morgan fingerprint density at radius 1 is 0.882 bits per heavy atom. The van der Waals surface area contributed by atoms with Gasteiger partial charge in [0.15, 0.2) is 17.5 Å². The Morgan fingerprint density at radius 2 is 1.56 bits per heavy atom. The predicted octanol–water partition coefficient (Wildman–Crippen LogP) is 7.00. The Hall–Kier alpha value is -2.61. The molecular formula is C26H30F4O4. The molecule has 0 radical (unpaired) electrons. The number of hydrogen-bond acceptors (Lipinski definition) is 4. The van der Waals surface area contributed by atoms with Gasteiger partial charge >= 0.3 is 5.97 Å². The van der Waals surface area contributed by atoms with Gasteiger partial charge in [0.05, 0.1) is 18.3 Å². The number of unbranched alkanes of at least 4 members (excludes halogenated alkanes) is 3. The molecule has 0 bridgehead atoms. The molecule has 1 saturated carbocycles. The summed E-state index contributed by atoms with van der Waals surface area (Å²) in [5.74, 6) is -6.73. The fraction of sp³-hybridized carbons (Fsp3) is 0.500. The Kier molecular flexibility index (Phi) is 9.74. The van der Waals surface area contributed by atoms with Crippen LogP contribution in [0.15, 0.2) is 30.3 Å². The minimum atomic E-state index is -1.68. The molecule has 4 nitrogen and oxygen atoms in total. The lowest BCUT2D eigenvalue weighted by molar-refractivity contribution is 0.0111. The largest absolute Gasteiger partial charge is 0.493 e. The highest BCUT2D eigenvalue weighted by molar-refractivity contribution is 5.91. The van der Waals surface area contributed by atoms with E-state index in [1.165, 1.54) is 31.4 Å². The van der Waals surface area contributed by atoms with Crippen LogP contribution in [-0.2, 0) is 4.74 Å². The van der Waals surface area contributed by atoms with Gasteiger partial charge in [0.2, 0.25) is 0 Å². The molecule has 0 heterocycles. The molecule has 0 amide bonds. The Morgan fingerprint density at radius 3 is 2.21 bits per heavy atom. The highest BCUT2D eigenvalue weighted by Gasteiger charge is 2.23. The van der Waals surface area contributed by atoms with Gasteiger partial charge in [-0.3, -0.25) is 0 Å². The monoisotopic (exact) mass is 482 g/mol. The zero-order valence-electron chi connectivity index (χ0n) is 19.3. The number of carbonyl (C=O) groups is 1. The van der Waals surface area contributed by atoms with Crippen molar-refractivity contribution >= 4 is 5.97 Å². The topological polar surface area (TPSA) is 44.8 Å². The van der Waals surface area contributed by atoms with E-state index in [-0.39, 0.29) is 5.75 Å². The third-order valence-corrected chi connectivity index (χ3v) is 5.96. The maximum atomic E-state index is 14.4. The summed E-state index contributed by atoms with van der Waals surface area (Å²) in [6, 6.07) is 4.69. The van der Waals surface area contributed by atoms with Gasteiger partial charge in [0.1, 0.15) is 17.3 Å². The molecule has 2 aromatic rings. The summed E-state index contributed by atoms with van der Waals surface area (Å²) in [6.45, 7) is 3.43. The van der Waals surface area contributed by atoms with Crippen molar-refractivity contribution in [2.24, 2.45) is 5.92 Å². The molecule has 34 heavy (non-hydrogen) atoms. The molecule has 1 aliphatic carbocycles. The summed E-state index contributed by atoms with van der Waals surface area (Å²) in [6.07, 6.45) is 8.94. The van der Waals surface area contributed by atoms with E-state index in [9.17, 15) is 22.4 Å². The lowest BCUT2D eigenvalue weighted by Gasteiger charge is -2.28. The van der Waals surface area contributed by atoms with Crippen molar-refractivity contribution in [2.75, 3.05) is 13.2 Å². The lowest BCUT2D eigenvalue weighted by atomic mass is 9.88. The zero-order valence-corrected chi connectivity index (χ0v) is 19.3. The van der Waals surface area contributed by atoms with Crippen LogP contribution in [0.5, 0.6) is 11.5 Å². The number of esters is 1. The standard InChI is InChI=1S/C26H30F4O4/c1-2-3-4-5-12-32-18-8-6-17(7-9-18)16-33-19-10-11-21(22(27)13-19)26(31)34-20-14-23(28)25(30)24(29)15-20/h10-11,13-15,17-18H,2-9,12,16H2,1H3. The van der Waals surface area contributed by atoms with E-state index in [4.69, 9.17) is 14.2 Å². The van der Waals surface area contributed by atoms with Gasteiger partial charge in [0, 0.05) is 24.8 Å². The molecule has 0 atom stereocenters. The molecule has 0 N–H and O–H groups in total. The van der Waals surface area contributed by atoms with Crippen LogP contribution in [0.4, 0.5) is 17.6 Å². The van der Waals surface area contributed by atoms with Crippen LogP contribution in [0.3, 0.4) is 0 Å². The van der Waals surface area contributed by atoms with Crippen molar-refractivity contribution in [1.82, 2.24) is 0 Å². The van der Waals surface area contributed by atoms with E-state index < -0.39 is 40.6 Å². The summed E-state index contributed by atoms with van der Waals surface area (Å²) in [7, 11) is 0. The third-order valence-electron chi connectivity index (χ3n) is 5.96. The fourth-order valence-electron chi connectivity index (χ4n) is 3.96. The van der Waals surface area contributed by atoms with Gasteiger partial charge in [-0.15, -0.1) is 0 Å². The summed E-state index contributed by atoms with van der Waals surface area (Å²) in [5.41, 5.74) is -0.436. The van der Waals surface area contributed by atoms with Crippen LogP contribution in [0.1, 0.15) is 68.6 Å². The van der Waals surface area contributed by atoms with Crippen molar-refractivity contribution < 1.29 is 36.6 Å². The fourth-order valence-corrected chi connectivity index (χ4v) is 3.96. The van der Waals surface area contributed by atoms with Crippen molar-refractivity contribution in [3.05, 3.63) is 59.2 Å². The van der Waals surface area contributed by atoms with Crippen molar-refractivity contribution in [3.63, 3.8) is 0 Å². The molecule has 0 saturated heterocycles. The van der Waals surface area contributed by atoms with Crippen LogP contribution >= 0.6 is 0 Å². The molecule has 0 aliphatic heterocycles. The molecule has 2 aromatic carbocycles. The predicted molar refractivity (Wildman–Crippen MR) is 119 cm³/mol. The van der Waals surface area contributed by atoms with Crippen LogP contribution in [0.25, 0.3) is 0 Å². The van der Waals surface area contributed by atoms with E-state index in [0.29, 0.717) is 30.8 Å². The van der Waals surface area contributed by atoms with Crippen molar-refractivity contribution in [1.29, 1.82) is 0 Å². The maximum Gasteiger partial charge on any atom is 0.346 e. The molecule has 186 valence electrons. The van der Waals surface area contributed by atoms with E-state index in [1.54, 1.807) is 0 Å². The van der Waals surface area contributed by atoms with Gasteiger partial charge in [-0.05, 0) is 50.2 Å². The normalized spacial score (nSPS) is 18.0. The van der Waals surface area contributed by atoms with Gasteiger partial charge in [-0.25, -0.2) is 22.4 Å². The summed E-state index contributed by atoms with van der Waals surface area (Å²) >= 11 is 0. The average Bonchev–Trinajstić information content (AvgIpc) is 2.81. The lowest BCUT2D eigenvalue weighted by Crippen LogP contribution is -2.25. The highest BCUT2D eigenvalue weighted by Crippen LogP contribution is 2.28. The summed E-state index contributed by atoms with van der Waals surface area (Å²) < 4.78 is 70.4. The second-order valence-electron chi connectivity index (χ2n) is 8.62. The molecule has 8 heteroatoms. The van der Waals surface area contributed by atoms with Gasteiger partial charge in [-0.1, -0.05) is 26.2 Å². The van der Waals surface area contributed by atoms with E-state index in [1.807, 2.05) is 0 Å². The molecular weight excluding hydrogens is 452 g/mol. The quantitative estimate of drug-likeness (QED) is 0.114. The second kappa shape index (κ2) is 12.7. The SMILES string of the molecule is CCCCCCOC1CCC(COc2ccc(C(=O)Oc3cc(F)c(F)c(F)c3)c(F)c2)CC1. The molecule has 0 spiro atoms. The van der Waals surface area contributed by atoms with E-state index >= 15 is 0 Å². The first-order valence-electron chi connectivity index (χ1n) is 11.8. The van der Waals surface area contributed by atoms with Gasteiger partial charge in [0.25, 0.3) is 0 Å². The molecule has 0 unspecified atom stereocenters. The zero-order chi connectivity index (χ0) is 24.5. The second-order valence-corrected chi connectivity index (χ2v) is 8.62. The minimum absolute atomic E-state index is 0.266. The average molecular weight is 483 g/mol. The first-order valence-corrected chi connectivity index (χ1v) is 11.8. The van der Waals surface area contributed by atoms with Crippen molar-refractivity contribution in [2.45, 2.75) is 64.4 Å². The number of halogens is 4. The minimum Gasteiger partial charge on any atom is -0.493 e. The third kappa shape index (κ3) is 7.45. The van der Waals surface area contributed by atoms with Crippen LogP contribution in [0.2, 0.25) is 0 Å². The molecule has 0 aromatic heterocycles. The van der Waals surface area contributed by atoms with Crippen LogP contribution in [0, 0.1) is 29.2 Å². The first-order chi connectivity index (χ1) is 16.4. The molecule has 1 aliphatic rings. The number of rotatable bonds is 11. The van der Waals surface area contributed by atoms with E-state index in [2.05, 4.69) is 6.92 Å². The van der Waals surface area contributed by atoms with Crippen molar-refractivity contribution in [3.8, 4) is 11.5 Å². The number of hydrogen-bond donors (Lipinski definition) is 0. The number of ether oxygens (including phenoxy) is 3. The maximum absolute atomic E-state index is 14.4. The van der Waals surface area contributed by atoms with Gasteiger partial charge in [-0.2, -0.15) is 0 Å². The van der Waals surface area contributed by atoms with E-state index in [0.717, 1.165) is 44.8 Å². The number of carbonyl (C=O) groups excluding carboxylic acids is 1. The Balaban J connectivity index is 1.44. The highest BCUT2D eigenvalue weighted by atomic mass is 19.2.